The zero-order valence-corrected chi connectivity index (χ0v) is 12.4. The summed E-state index contributed by atoms with van der Waals surface area (Å²) >= 11 is 0. The lowest BCUT2D eigenvalue weighted by atomic mass is 9.90. The molecule has 0 saturated carbocycles. The summed E-state index contributed by atoms with van der Waals surface area (Å²) in [6, 6.07) is -0.478. The molecule has 0 aromatic carbocycles. The SMILES string of the molecule is C#CCCN1C(=O)[C@H](OC)[C@@H]1[C@@H](CC=C)OS(C)(=O)=O. The largest absolute Gasteiger partial charge is 0.369 e. The fourth-order valence-electron chi connectivity index (χ4n) is 2.24. The Kier molecular flexibility index (Phi) is 5.74. The van der Waals surface area contributed by atoms with Gasteiger partial charge in [-0.1, -0.05) is 6.08 Å². The Hall–Kier alpha value is -1.36. The summed E-state index contributed by atoms with van der Waals surface area (Å²) in [7, 11) is -2.24. The molecule has 0 N–H and O–H groups in total. The van der Waals surface area contributed by atoms with Gasteiger partial charge in [-0.2, -0.15) is 8.42 Å². The van der Waals surface area contributed by atoms with E-state index in [1.807, 2.05) is 0 Å². The van der Waals surface area contributed by atoms with E-state index in [4.69, 9.17) is 15.3 Å². The molecule has 20 heavy (non-hydrogen) atoms. The Morgan fingerprint density at radius 1 is 1.60 bits per heavy atom. The predicted molar refractivity (Wildman–Crippen MR) is 74.3 cm³/mol. The number of carbonyl (C=O) groups excluding carboxylic acids is 1. The molecular weight excluding hydrogens is 282 g/mol. The van der Waals surface area contributed by atoms with E-state index < -0.39 is 28.4 Å². The van der Waals surface area contributed by atoms with E-state index in [9.17, 15) is 13.2 Å². The molecule has 0 aromatic heterocycles. The Morgan fingerprint density at radius 2 is 2.25 bits per heavy atom. The Morgan fingerprint density at radius 3 is 2.70 bits per heavy atom. The molecule has 0 aromatic rings. The minimum Gasteiger partial charge on any atom is -0.369 e. The van der Waals surface area contributed by atoms with E-state index >= 15 is 0 Å². The molecule has 0 radical (unpaired) electrons. The number of nitrogens with zero attached hydrogens (tertiary/aromatic N) is 1. The summed E-state index contributed by atoms with van der Waals surface area (Å²) < 4.78 is 32.8. The molecule has 6 nitrogen and oxygen atoms in total. The Balaban J connectivity index is 2.91. The van der Waals surface area contributed by atoms with Gasteiger partial charge in [-0.25, -0.2) is 0 Å². The maximum absolute atomic E-state index is 11.9. The molecule has 1 aliphatic heterocycles. The van der Waals surface area contributed by atoms with Crippen molar-refractivity contribution in [1.29, 1.82) is 0 Å². The van der Waals surface area contributed by atoms with Crippen LogP contribution in [0.1, 0.15) is 12.8 Å². The highest BCUT2D eigenvalue weighted by Gasteiger charge is 2.52. The second kappa shape index (κ2) is 6.88. The van der Waals surface area contributed by atoms with E-state index in [1.165, 1.54) is 12.0 Å². The third-order valence-corrected chi connectivity index (χ3v) is 3.62. The Bertz CT molecular complexity index is 507. The van der Waals surface area contributed by atoms with Crippen LogP contribution in [0.15, 0.2) is 12.7 Å². The van der Waals surface area contributed by atoms with Gasteiger partial charge in [-0.15, -0.1) is 18.9 Å². The quantitative estimate of drug-likeness (QED) is 0.276. The second-order valence-electron chi connectivity index (χ2n) is 4.50. The number of carbonyl (C=O) groups is 1. The van der Waals surface area contributed by atoms with E-state index in [0.717, 1.165) is 6.26 Å². The molecule has 112 valence electrons. The molecule has 1 saturated heterocycles. The number of β-lactam (4-membered cyclic amide) rings is 1. The average molecular weight is 301 g/mol. The van der Waals surface area contributed by atoms with Crippen molar-refractivity contribution in [3.63, 3.8) is 0 Å². The molecule has 0 bridgehead atoms. The van der Waals surface area contributed by atoms with Crippen molar-refractivity contribution >= 4 is 16.0 Å². The van der Waals surface area contributed by atoms with Crippen LogP contribution in [-0.4, -0.2) is 57.4 Å². The van der Waals surface area contributed by atoms with E-state index in [2.05, 4.69) is 12.5 Å². The van der Waals surface area contributed by atoms with Crippen LogP contribution in [0, 0.1) is 12.3 Å². The van der Waals surface area contributed by atoms with Crippen molar-refractivity contribution in [2.24, 2.45) is 0 Å². The predicted octanol–water partition coefficient (Wildman–Crippen LogP) is 0.156. The third-order valence-electron chi connectivity index (χ3n) is 3.03. The molecule has 1 amide bonds. The molecule has 0 unspecified atom stereocenters. The highest BCUT2D eigenvalue weighted by atomic mass is 32.2. The van der Waals surface area contributed by atoms with Crippen molar-refractivity contribution in [1.82, 2.24) is 4.90 Å². The molecule has 1 rings (SSSR count). The van der Waals surface area contributed by atoms with Gasteiger partial charge in [-0.05, 0) is 6.42 Å². The average Bonchev–Trinajstić information content (AvgIpc) is 2.34. The molecule has 1 heterocycles. The highest BCUT2D eigenvalue weighted by molar-refractivity contribution is 7.86. The van der Waals surface area contributed by atoms with Crippen LogP contribution in [0.5, 0.6) is 0 Å². The third kappa shape index (κ3) is 3.82. The first kappa shape index (κ1) is 16.7. The number of terminal acetylenes is 1. The number of methoxy groups -OCH3 is 1. The number of hydrogen-bond acceptors (Lipinski definition) is 5. The number of rotatable bonds is 8. The van der Waals surface area contributed by atoms with Gasteiger partial charge in [0.25, 0.3) is 16.0 Å². The van der Waals surface area contributed by atoms with Gasteiger partial charge >= 0.3 is 0 Å². The van der Waals surface area contributed by atoms with E-state index in [0.29, 0.717) is 13.0 Å². The first-order chi connectivity index (χ1) is 9.35. The topological polar surface area (TPSA) is 72.9 Å². The van der Waals surface area contributed by atoms with Gasteiger partial charge in [0.05, 0.1) is 12.3 Å². The van der Waals surface area contributed by atoms with Gasteiger partial charge in [0.1, 0.15) is 6.10 Å². The smallest absolute Gasteiger partial charge is 0.264 e. The van der Waals surface area contributed by atoms with E-state index in [-0.39, 0.29) is 12.3 Å². The Labute approximate surface area is 119 Å². The van der Waals surface area contributed by atoms with Gasteiger partial charge in [0, 0.05) is 20.1 Å². The van der Waals surface area contributed by atoms with Crippen LogP contribution in [0.3, 0.4) is 0 Å². The number of ether oxygens (including phenoxy) is 1. The molecule has 1 fully saturated rings. The standard InChI is InChI=1S/C13H19NO5S/c1-5-7-9-14-11(12(18-3)13(14)15)10(8-6-2)19-20(4,16)17/h1,6,10-12H,2,7-9H2,3-4H3/t10-,11+,12-/m1/s1. The maximum Gasteiger partial charge on any atom is 0.264 e. The van der Waals surface area contributed by atoms with Gasteiger partial charge in [0.15, 0.2) is 6.10 Å². The minimum atomic E-state index is -3.64. The fraction of sp³-hybridized carbons (Fsp3) is 0.615. The van der Waals surface area contributed by atoms with Crippen molar-refractivity contribution in [3.8, 4) is 12.3 Å². The van der Waals surface area contributed by atoms with Crippen molar-refractivity contribution < 1.29 is 22.1 Å². The first-order valence-corrected chi connectivity index (χ1v) is 7.93. The van der Waals surface area contributed by atoms with Crippen LogP contribution in [0.25, 0.3) is 0 Å². The monoisotopic (exact) mass is 301 g/mol. The van der Waals surface area contributed by atoms with Gasteiger partial charge in [-0.3, -0.25) is 8.98 Å². The number of amides is 1. The summed E-state index contributed by atoms with van der Waals surface area (Å²) in [5.41, 5.74) is 0. The zero-order valence-electron chi connectivity index (χ0n) is 11.6. The normalized spacial score (nSPS) is 23.9. The van der Waals surface area contributed by atoms with Crippen molar-refractivity contribution in [2.45, 2.75) is 31.1 Å². The van der Waals surface area contributed by atoms with Crippen molar-refractivity contribution in [3.05, 3.63) is 12.7 Å². The fourth-order valence-corrected chi connectivity index (χ4v) is 2.88. The second-order valence-corrected chi connectivity index (χ2v) is 6.10. The molecule has 7 heteroatoms. The summed E-state index contributed by atoms with van der Waals surface area (Å²) in [5.74, 6) is 2.24. The van der Waals surface area contributed by atoms with Gasteiger partial charge < -0.3 is 9.64 Å². The van der Waals surface area contributed by atoms with Crippen LogP contribution in [0.2, 0.25) is 0 Å². The maximum atomic E-state index is 11.9. The molecule has 3 atom stereocenters. The van der Waals surface area contributed by atoms with E-state index in [1.54, 1.807) is 6.08 Å². The lowest BCUT2D eigenvalue weighted by molar-refractivity contribution is -0.178. The zero-order chi connectivity index (χ0) is 15.3. The highest BCUT2D eigenvalue weighted by Crippen LogP contribution is 2.29. The van der Waals surface area contributed by atoms with Crippen LogP contribution < -0.4 is 0 Å². The van der Waals surface area contributed by atoms with Crippen LogP contribution >= 0.6 is 0 Å². The summed E-state index contributed by atoms with van der Waals surface area (Å²) in [4.78, 5) is 13.4. The molecule has 0 aliphatic carbocycles. The van der Waals surface area contributed by atoms with Crippen LogP contribution in [0.4, 0.5) is 0 Å². The summed E-state index contributed by atoms with van der Waals surface area (Å²) in [6.07, 6.45) is 6.95. The van der Waals surface area contributed by atoms with Crippen molar-refractivity contribution in [2.75, 3.05) is 19.9 Å². The number of hydrogen-bond donors (Lipinski definition) is 0. The van der Waals surface area contributed by atoms with Gasteiger partial charge in [0.2, 0.25) is 0 Å². The molecule has 0 spiro atoms. The summed E-state index contributed by atoms with van der Waals surface area (Å²) in [6.45, 7) is 3.92. The lowest BCUT2D eigenvalue weighted by Crippen LogP contribution is -2.70. The minimum absolute atomic E-state index is 0.209. The molecule has 1 aliphatic rings. The molecular formula is C13H19NO5S. The number of likely N-dealkylation sites (tertiary alicyclic amines) is 1. The lowest BCUT2D eigenvalue weighted by Gasteiger charge is -2.48. The van der Waals surface area contributed by atoms with Crippen LogP contribution in [-0.2, 0) is 23.8 Å². The summed E-state index contributed by atoms with van der Waals surface area (Å²) in [5, 5.41) is 0. The first-order valence-electron chi connectivity index (χ1n) is 6.11.